The van der Waals surface area contributed by atoms with Crippen LogP contribution in [-0.2, 0) is 5.75 Å². The van der Waals surface area contributed by atoms with Crippen LogP contribution in [0.1, 0.15) is 36.3 Å². The van der Waals surface area contributed by atoms with Gasteiger partial charge in [-0.25, -0.2) is 9.37 Å². The van der Waals surface area contributed by atoms with Crippen LogP contribution in [0.3, 0.4) is 0 Å². The van der Waals surface area contributed by atoms with Gasteiger partial charge in [-0.15, -0.1) is 21.5 Å². The summed E-state index contributed by atoms with van der Waals surface area (Å²) in [6.45, 7) is 6.08. The third-order valence-electron chi connectivity index (χ3n) is 5.13. The van der Waals surface area contributed by atoms with Gasteiger partial charge in [-0.05, 0) is 37.1 Å². The Bertz CT molecular complexity index is 1240. The first-order valence-corrected chi connectivity index (χ1v) is 12.3. The van der Waals surface area contributed by atoms with Gasteiger partial charge < -0.3 is 5.32 Å². The molecule has 0 saturated heterocycles. The molecule has 4 aromatic rings. The molecular weight excluding hydrogens is 459 g/mol. The van der Waals surface area contributed by atoms with Crippen molar-refractivity contribution in [1.82, 2.24) is 30.0 Å². The molecule has 1 N–H and O–H groups in total. The molecule has 3 aromatic heterocycles. The van der Waals surface area contributed by atoms with Crippen LogP contribution in [0.4, 0.5) is 4.39 Å². The molecule has 0 aliphatic carbocycles. The molecule has 1 unspecified atom stereocenters. The van der Waals surface area contributed by atoms with Gasteiger partial charge in [-0.3, -0.25) is 14.3 Å². The van der Waals surface area contributed by atoms with Crippen LogP contribution >= 0.6 is 23.1 Å². The van der Waals surface area contributed by atoms with Crippen molar-refractivity contribution >= 4 is 29.0 Å². The minimum absolute atomic E-state index is 0.0583. The molecule has 0 bridgehead atoms. The van der Waals surface area contributed by atoms with E-state index in [1.807, 2.05) is 6.92 Å². The summed E-state index contributed by atoms with van der Waals surface area (Å²) in [4.78, 5) is 20.9. The molecule has 7 nitrogen and oxygen atoms in total. The number of hydrogen-bond acceptors (Lipinski definition) is 7. The lowest BCUT2D eigenvalue weighted by Gasteiger charge is -2.16. The maximum Gasteiger partial charge on any atom is 0.270 e. The van der Waals surface area contributed by atoms with Crippen molar-refractivity contribution in [3.05, 3.63) is 70.7 Å². The van der Waals surface area contributed by atoms with E-state index in [-0.39, 0.29) is 17.8 Å². The van der Waals surface area contributed by atoms with Crippen molar-refractivity contribution < 1.29 is 9.18 Å². The number of carbonyl (C=O) groups is 1. The molecule has 4 rings (SSSR count). The van der Waals surface area contributed by atoms with Crippen LogP contribution in [0.5, 0.6) is 0 Å². The number of benzene rings is 1. The van der Waals surface area contributed by atoms with E-state index in [1.165, 1.54) is 29.2 Å². The number of hydrogen-bond donors (Lipinski definition) is 1. The number of para-hydroxylation sites is 1. The fourth-order valence-electron chi connectivity index (χ4n) is 2.96. The highest BCUT2D eigenvalue weighted by atomic mass is 32.2. The van der Waals surface area contributed by atoms with Gasteiger partial charge in [-0.2, -0.15) is 0 Å². The molecule has 0 fully saturated rings. The summed E-state index contributed by atoms with van der Waals surface area (Å²) in [6, 6.07) is 10.2. The zero-order chi connectivity index (χ0) is 23.4. The summed E-state index contributed by atoms with van der Waals surface area (Å²) in [5, 5.41) is 14.6. The highest BCUT2D eigenvalue weighted by molar-refractivity contribution is 7.98. The Hall–Kier alpha value is -3.11. The topological polar surface area (TPSA) is 85.6 Å². The minimum Gasteiger partial charge on any atom is -0.348 e. The van der Waals surface area contributed by atoms with E-state index >= 15 is 0 Å². The fourth-order valence-corrected chi connectivity index (χ4v) is 4.69. The van der Waals surface area contributed by atoms with Crippen LogP contribution in [-0.4, -0.2) is 36.7 Å². The number of nitrogens with zero attached hydrogens (tertiary/aromatic N) is 5. The Kier molecular flexibility index (Phi) is 7.14. The largest absolute Gasteiger partial charge is 0.348 e. The maximum absolute atomic E-state index is 14.7. The Morgan fingerprint density at radius 2 is 1.91 bits per heavy atom. The highest BCUT2D eigenvalue weighted by Crippen LogP contribution is 2.31. The number of thioether (sulfide) groups is 1. The molecule has 1 amide bonds. The molecule has 33 heavy (non-hydrogen) atoms. The molecule has 1 aromatic carbocycles. The highest BCUT2D eigenvalue weighted by Gasteiger charge is 2.20. The number of carbonyl (C=O) groups excluding carboxylic acids is 1. The van der Waals surface area contributed by atoms with Crippen LogP contribution in [0.25, 0.3) is 17.1 Å². The van der Waals surface area contributed by atoms with Crippen LogP contribution in [0.15, 0.2) is 59.3 Å². The summed E-state index contributed by atoms with van der Waals surface area (Å²) >= 11 is 2.79. The summed E-state index contributed by atoms with van der Waals surface area (Å²) in [5.74, 6) is 0.773. The monoisotopic (exact) mass is 482 g/mol. The molecule has 0 aliphatic rings. The number of nitrogens with one attached hydrogen (secondary N) is 1. The lowest BCUT2D eigenvalue weighted by atomic mass is 10.1. The van der Waals surface area contributed by atoms with E-state index in [0.717, 1.165) is 10.6 Å². The van der Waals surface area contributed by atoms with E-state index in [1.54, 1.807) is 52.7 Å². The van der Waals surface area contributed by atoms with Crippen molar-refractivity contribution in [2.75, 3.05) is 0 Å². The van der Waals surface area contributed by atoms with E-state index in [9.17, 15) is 9.18 Å². The Labute approximate surface area is 199 Å². The van der Waals surface area contributed by atoms with Crippen LogP contribution < -0.4 is 5.32 Å². The zero-order valence-corrected chi connectivity index (χ0v) is 20.0. The molecule has 10 heteroatoms. The molecule has 0 aliphatic heterocycles. The van der Waals surface area contributed by atoms with Gasteiger partial charge in [0.1, 0.15) is 16.5 Å². The Balaban J connectivity index is 1.57. The lowest BCUT2D eigenvalue weighted by Crippen LogP contribution is -2.36. The van der Waals surface area contributed by atoms with Gasteiger partial charge in [0.2, 0.25) is 0 Å². The van der Waals surface area contributed by atoms with Gasteiger partial charge in [0.05, 0.1) is 11.4 Å². The first-order valence-electron chi connectivity index (χ1n) is 10.4. The van der Waals surface area contributed by atoms with Crippen molar-refractivity contribution in [2.24, 2.45) is 5.92 Å². The smallest absolute Gasteiger partial charge is 0.270 e. The standard InChI is InChI=1S/C23H23FN6OS2/c1-14(2)15(3)26-22(31)18-12-32-20(27-18)13-33-23-29-28-21(16-8-10-25-11-9-16)30(23)19-7-5-4-6-17(19)24/h4-12,14-15H,13H2,1-3H3,(H,26,31). The summed E-state index contributed by atoms with van der Waals surface area (Å²) < 4.78 is 16.4. The second-order valence-corrected chi connectivity index (χ2v) is 9.64. The van der Waals surface area contributed by atoms with Crippen molar-refractivity contribution in [2.45, 2.75) is 37.7 Å². The predicted octanol–water partition coefficient (Wildman–Crippen LogP) is 4.99. The van der Waals surface area contributed by atoms with Crippen molar-refractivity contribution in [3.63, 3.8) is 0 Å². The number of amides is 1. The van der Waals surface area contributed by atoms with E-state index in [4.69, 9.17) is 0 Å². The van der Waals surface area contributed by atoms with Crippen LogP contribution in [0.2, 0.25) is 0 Å². The first kappa shape index (κ1) is 23.1. The molecule has 1 atom stereocenters. The van der Waals surface area contributed by atoms with Crippen molar-refractivity contribution in [1.29, 1.82) is 0 Å². The Morgan fingerprint density at radius 1 is 1.15 bits per heavy atom. The SMILES string of the molecule is CC(C)C(C)NC(=O)c1csc(CSc2nnc(-c3ccncc3)n2-c2ccccc2F)n1. The minimum atomic E-state index is -0.373. The molecule has 0 saturated carbocycles. The lowest BCUT2D eigenvalue weighted by molar-refractivity contribution is 0.0926. The second-order valence-electron chi connectivity index (χ2n) is 7.75. The van der Waals surface area contributed by atoms with Gasteiger partial charge in [0.15, 0.2) is 11.0 Å². The van der Waals surface area contributed by atoms with E-state index in [0.29, 0.717) is 34.0 Å². The summed E-state index contributed by atoms with van der Waals surface area (Å²) in [5.41, 5.74) is 1.54. The quantitative estimate of drug-likeness (QED) is 0.356. The average Bonchev–Trinajstić information content (AvgIpc) is 3.46. The van der Waals surface area contributed by atoms with Gasteiger partial charge in [0.25, 0.3) is 5.91 Å². The number of rotatable bonds is 8. The van der Waals surface area contributed by atoms with E-state index in [2.05, 4.69) is 39.3 Å². The number of aromatic nitrogens is 5. The fraction of sp³-hybridized carbons (Fsp3) is 0.261. The average molecular weight is 483 g/mol. The molecular formula is C23H23FN6OS2. The third-order valence-corrected chi connectivity index (χ3v) is 7.10. The Morgan fingerprint density at radius 3 is 2.64 bits per heavy atom. The van der Waals surface area contributed by atoms with Crippen molar-refractivity contribution in [3.8, 4) is 17.1 Å². The zero-order valence-electron chi connectivity index (χ0n) is 18.4. The van der Waals surface area contributed by atoms with Gasteiger partial charge in [0, 0.05) is 29.4 Å². The van der Waals surface area contributed by atoms with E-state index < -0.39 is 0 Å². The second kappa shape index (κ2) is 10.2. The van der Waals surface area contributed by atoms with Gasteiger partial charge in [-0.1, -0.05) is 37.7 Å². The molecule has 170 valence electrons. The summed E-state index contributed by atoms with van der Waals surface area (Å²) in [7, 11) is 0. The predicted molar refractivity (Wildman–Crippen MR) is 128 cm³/mol. The normalized spacial score (nSPS) is 12.2. The number of thiazole rings is 1. The third kappa shape index (κ3) is 5.28. The first-order chi connectivity index (χ1) is 15.9. The molecule has 0 spiro atoms. The van der Waals surface area contributed by atoms with Gasteiger partial charge >= 0.3 is 0 Å². The molecule has 0 radical (unpaired) electrons. The van der Waals surface area contributed by atoms with Crippen LogP contribution in [0, 0.1) is 11.7 Å². The maximum atomic E-state index is 14.7. The number of pyridine rings is 1. The summed E-state index contributed by atoms with van der Waals surface area (Å²) in [6.07, 6.45) is 3.32. The number of halogens is 1. The molecule has 3 heterocycles.